The van der Waals surface area contributed by atoms with Crippen LogP contribution < -0.4 is 10.5 Å². The van der Waals surface area contributed by atoms with Gasteiger partial charge < -0.3 is 50.2 Å². The quantitative estimate of drug-likeness (QED) is 0.197. The predicted molar refractivity (Wildman–Crippen MR) is 161 cm³/mol. The third kappa shape index (κ3) is 5.35. The van der Waals surface area contributed by atoms with Crippen molar-refractivity contribution in [2.24, 2.45) is 5.73 Å². The van der Waals surface area contributed by atoms with Crippen molar-refractivity contribution in [1.82, 2.24) is 0 Å². The molecule has 6 rings (SSSR count). The van der Waals surface area contributed by atoms with E-state index in [2.05, 4.69) is 0 Å². The number of phenolic OH excluding ortho intramolecular Hbond substituents is 2. The number of aromatic hydroxyl groups is 2. The molecule has 2 aliphatic carbocycles. The van der Waals surface area contributed by atoms with E-state index in [-0.39, 0.29) is 45.6 Å². The Hall–Kier alpha value is -3.88. The molecule has 1 heterocycles. The van der Waals surface area contributed by atoms with Gasteiger partial charge in [-0.2, -0.15) is 0 Å². The first-order chi connectivity index (χ1) is 22.0. The summed E-state index contributed by atoms with van der Waals surface area (Å²) in [5.74, 6) is -2.62. The Bertz CT molecular complexity index is 1650. The Morgan fingerprint density at radius 3 is 2.48 bits per heavy atom. The summed E-state index contributed by atoms with van der Waals surface area (Å²) in [4.78, 5) is 26.7. The molecule has 0 amide bonds. The summed E-state index contributed by atoms with van der Waals surface area (Å²) in [5, 5.41) is 55.8. The standard InChI is InChI=1S/C34H37NO11/c1-16-33(44-15-17-7-4-3-5-8-17)20(35)11-24(45-16)46-22-13-34(42,23(37)14-36)12-19-26(22)32(41)28-27(30(19)39)29(38)18-9-6-10-21(43-2)25(18)31(28)40/h3-10,16,20,22,24,29,33,36,38-39,41-42H,11-15,35H2,1-2H3. The van der Waals surface area contributed by atoms with E-state index in [1.807, 2.05) is 30.3 Å². The second-order valence-electron chi connectivity index (χ2n) is 12.1. The molecule has 0 spiro atoms. The largest absolute Gasteiger partial charge is 0.507 e. The van der Waals surface area contributed by atoms with Crippen LogP contribution in [0.15, 0.2) is 48.5 Å². The lowest BCUT2D eigenvalue weighted by Gasteiger charge is -2.43. The van der Waals surface area contributed by atoms with Gasteiger partial charge in [-0.05, 0) is 18.6 Å². The van der Waals surface area contributed by atoms with Crippen molar-refractivity contribution in [3.8, 4) is 17.2 Å². The summed E-state index contributed by atoms with van der Waals surface area (Å²) in [6.45, 7) is 1.10. The van der Waals surface area contributed by atoms with Crippen LogP contribution in [0, 0.1) is 0 Å². The van der Waals surface area contributed by atoms with Crippen molar-refractivity contribution in [3.05, 3.63) is 87.5 Å². The molecule has 12 heteroatoms. The molecule has 1 aliphatic heterocycles. The fourth-order valence-electron chi connectivity index (χ4n) is 6.93. The van der Waals surface area contributed by atoms with Gasteiger partial charge in [0.2, 0.25) is 5.78 Å². The molecule has 244 valence electrons. The van der Waals surface area contributed by atoms with Gasteiger partial charge in [-0.1, -0.05) is 42.5 Å². The van der Waals surface area contributed by atoms with E-state index >= 15 is 0 Å². The summed E-state index contributed by atoms with van der Waals surface area (Å²) in [5.41, 5.74) is 4.66. The van der Waals surface area contributed by atoms with Crippen LogP contribution >= 0.6 is 0 Å². The normalized spacial score (nSPS) is 28.6. The number of fused-ring (bicyclic) bond motifs is 3. The third-order valence-electron chi connectivity index (χ3n) is 9.22. The fourth-order valence-corrected chi connectivity index (χ4v) is 6.93. The minimum Gasteiger partial charge on any atom is -0.507 e. The lowest BCUT2D eigenvalue weighted by atomic mass is 9.71. The fraction of sp³-hybridized carbons (Fsp3) is 0.412. The zero-order valence-electron chi connectivity index (χ0n) is 25.4. The topological polar surface area (TPSA) is 198 Å². The van der Waals surface area contributed by atoms with Gasteiger partial charge in [-0.3, -0.25) is 9.59 Å². The van der Waals surface area contributed by atoms with Crippen LogP contribution in [0.5, 0.6) is 17.2 Å². The van der Waals surface area contributed by atoms with Gasteiger partial charge in [0.15, 0.2) is 12.1 Å². The average Bonchev–Trinajstić information content (AvgIpc) is 3.04. The summed E-state index contributed by atoms with van der Waals surface area (Å²) < 4.78 is 23.8. The first-order valence-corrected chi connectivity index (χ1v) is 15.1. The smallest absolute Gasteiger partial charge is 0.201 e. The molecule has 3 aromatic carbocycles. The number of ether oxygens (including phenoxy) is 4. The molecule has 46 heavy (non-hydrogen) atoms. The maximum absolute atomic E-state index is 13.9. The molecular formula is C34H37NO11. The van der Waals surface area contributed by atoms with Gasteiger partial charge in [-0.25, -0.2) is 0 Å². The highest BCUT2D eigenvalue weighted by atomic mass is 16.7. The second-order valence-corrected chi connectivity index (χ2v) is 12.1. The van der Waals surface area contributed by atoms with Gasteiger partial charge in [0.25, 0.3) is 0 Å². The summed E-state index contributed by atoms with van der Waals surface area (Å²) in [6, 6.07) is 13.7. The second kappa shape index (κ2) is 12.4. The molecule has 7 unspecified atom stereocenters. The maximum atomic E-state index is 13.9. The van der Waals surface area contributed by atoms with Crippen molar-refractivity contribution in [3.63, 3.8) is 0 Å². The van der Waals surface area contributed by atoms with Crippen LogP contribution in [0.2, 0.25) is 0 Å². The summed E-state index contributed by atoms with van der Waals surface area (Å²) in [7, 11) is 1.37. The van der Waals surface area contributed by atoms with E-state index in [1.165, 1.54) is 19.2 Å². The number of nitrogens with two attached hydrogens (primary N) is 1. The Labute approximate surface area is 264 Å². The van der Waals surface area contributed by atoms with E-state index in [9.17, 15) is 35.1 Å². The molecule has 7 N–H and O–H groups in total. The lowest BCUT2D eigenvalue weighted by molar-refractivity contribution is -0.254. The van der Waals surface area contributed by atoms with Crippen molar-refractivity contribution < 1.29 is 54.1 Å². The third-order valence-corrected chi connectivity index (χ3v) is 9.22. The number of aliphatic hydroxyl groups is 3. The van der Waals surface area contributed by atoms with Crippen molar-refractivity contribution >= 4 is 11.6 Å². The van der Waals surface area contributed by atoms with Crippen LogP contribution in [0.25, 0.3) is 0 Å². The number of benzene rings is 3. The van der Waals surface area contributed by atoms with Crippen LogP contribution in [-0.4, -0.2) is 81.0 Å². The summed E-state index contributed by atoms with van der Waals surface area (Å²) in [6.07, 6.45) is -5.67. The van der Waals surface area contributed by atoms with Crippen molar-refractivity contribution in [2.75, 3.05) is 13.7 Å². The van der Waals surface area contributed by atoms with Crippen molar-refractivity contribution in [2.45, 2.75) is 75.1 Å². The first kappa shape index (κ1) is 32.1. The first-order valence-electron chi connectivity index (χ1n) is 15.1. The molecule has 12 nitrogen and oxygen atoms in total. The molecule has 0 aromatic heterocycles. The number of aliphatic hydroxyl groups excluding tert-OH is 2. The van der Waals surface area contributed by atoms with Crippen LogP contribution in [0.1, 0.15) is 75.7 Å². The molecule has 0 radical (unpaired) electrons. The van der Waals surface area contributed by atoms with E-state index in [0.717, 1.165) is 5.56 Å². The monoisotopic (exact) mass is 635 g/mol. The lowest BCUT2D eigenvalue weighted by Crippen LogP contribution is -2.54. The number of carbonyl (C=O) groups excluding carboxylic acids is 2. The van der Waals surface area contributed by atoms with Crippen molar-refractivity contribution in [1.29, 1.82) is 0 Å². The Morgan fingerprint density at radius 2 is 1.80 bits per heavy atom. The number of rotatable bonds is 8. The number of phenols is 2. The number of hydrogen-bond acceptors (Lipinski definition) is 12. The minimum atomic E-state index is -2.21. The molecular weight excluding hydrogens is 598 g/mol. The Morgan fingerprint density at radius 1 is 1.07 bits per heavy atom. The van der Waals surface area contributed by atoms with E-state index < -0.39 is 84.9 Å². The van der Waals surface area contributed by atoms with Crippen LogP contribution in [0.4, 0.5) is 0 Å². The van der Waals surface area contributed by atoms with E-state index in [4.69, 9.17) is 24.7 Å². The van der Waals surface area contributed by atoms with Gasteiger partial charge in [0.05, 0.1) is 43.2 Å². The number of ketones is 2. The molecule has 3 aliphatic rings. The molecule has 1 saturated heterocycles. The number of hydrogen-bond donors (Lipinski definition) is 6. The van der Waals surface area contributed by atoms with Crippen LogP contribution in [0.3, 0.4) is 0 Å². The molecule has 3 aromatic rings. The molecule has 0 saturated carbocycles. The number of carbonyl (C=O) groups is 2. The molecule has 0 bridgehead atoms. The maximum Gasteiger partial charge on any atom is 0.201 e. The van der Waals surface area contributed by atoms with E-state index in [1.54, 1.807) is 13.0 Å². The predicted octanol–water partition coefficient (Wildman–Crippen LogP) is 2.08. The average molecular weight is 636 g/mol. The zero-order valence-corrected chi connectivity index (χ0v) is 25.4. The van der Waals surface area contributed by atoms with E-state index in [0.29, 0.717) is 6.61 Å². The highest BCUT2D eigenvalue weighted by Crippen LogP contribution is 2.54. The number of Topliss-reactive ketones (excluding diaryl/α,β-unsaturated/α-hetero) is 1. The highest BCUT2D eigenvalue weighted by Gasteiger charge is 2.50. The van der Waals surface area contributed by atoms with Gasteiger partial charge in [0.1, 0.15) is 35.6 Å². The SMILES string of the molecule is COc1cccc2c1C(=O)c1c(O)c3c(c(O)c1C2O)CC(O)(C(=O)CO)CC3OC1CC(N)C(OCc2ccccc2)C(C)O1. The van der Waals surface area contributed by atoms with Gasteiger partial charge in [0, 0.05) is 47.6 Å². The summed E-state index contributed by atoms with van der Waals surface area (Å²) >= 11 is 0. The molecule has 7 atom stereocenters. The van der Waals surface area contributed by atoms with Gasteiger partial charge >= 0.3 is 0 Å². The Balaban J connectivity index is 1.36. The minimum absolute atomic E-state index is 0.0249. The zero-order chi connectivity index (χ0) is 32.9. The Kier molecular flexibility index (Phi) is 8.63. The molecule has 1 fully saturated rings. The number of methoxy groups -OCH3 is 1. The van der Waals surface area contributed by atoms with Crippen LogP contribution in [-0.2, 0) is 32.0 Å². The highest BCUT2D eigenvalue weighted by molar-refractivity contribution is 6.16. The van der Waals surface area contributed by atoms with Gasteiger partial charge in [-0.15, -0.1) is 0 Å².